The maximum atomic E-state index is 12.8. The van der Waals surface area contributed by atoms with Crippen LogP contribution in [0.2, 0.25) is 0 Å². The molecule has 0 aliphatic carbocycles. The average molecular weight is 445 g/mol. The molecule has 1 aliphatic rings. The van der Waals surface area contributed by atoms with Crippen LogP contribution in [0.3, 0.4) is 0 Å². The van der Waals surface area contributed by atoms with Crippen LogP contribution < -0.4 is 10.2 Å². The highest BCUT2D eigenvalue weighted by Gasteiger charge is 2.31. The summed E-state index contributed by atoms with van der Waals surface area (Å²) in [5.74, 6) is 1.13. The Morgan fingerprint density at radius 2 is 2.12 bits per heavy atom. The number of carbonyl (C=O) groups excluding carboxylic acids is 2. The molecule has 1 atom stereocenters. The molecule has 1 N–H and O–H groups in total. The van der Waals surface area contributed by atoms with Gasteiger partial charge in [0.25, 0.3) is 5.91 Å². The summed E-state index contributed by atoms with van der Waals surface area (Å²) >= 11 is 0. The first-order chi connectivity index (χ1) is 15.3. The number of hydrogen-bond acceptors (Lipinski definition) is 8. The smallest absolute Gasteiger partial charge is 0.254 e. The van der Waals surface area contributed by atoms with Crippen LogP contribution >= 0.6 is 0 Å². The molecule has 3 heterocycles. The fourth-order valence-corrected chi connectivity index (χ4v) is 3.91. The number of methoxy groups -OCH3 is 1. The van der Waals surface area contributed by atoms with Crippen LogP contribution in [0.15, 0.2) is 10.7 Å². The fourth-order valence-electron chi connectivity index (χ4n) is 3.91. The van der Waals surface area contributed by atoms with E-state index in [0.29, 0.717) is 56.3 Å². The van der Waals surface area contributed by atoms with Gasteiger partial charge in [-0.3, -0.25) is 9.59 Å². The second-order valence-electron chi connectivity index (χ2n) is 8.24. The van der Waals surface area contributed by atoms with E-state index in [-0.39, 0.29) is 17.7 Å². The van der Waals surface area contributed by atoms with Crippen LogP contribution in [0, 0.1) is 13.8 Å². The van der Waals surface area contributed by atoms with E-state index in [4.69, 9.17) is 9.26 Å². The number of ether oxygens (including phenoxy) is 1. The Labute approximate surface area is 188 Å². The lowest BCUT2D eigenvalue weighted by Gasteiger charge is -2.19. The molecule has 32 heavy (non-hydrogen) atoms. The third kappa shape index (κ3) is 5.42. The van der Waals surface area contributed by atoms with Gasteiger partial charge in [0.1, 0.15) is 5.76 Å². The predicted molar refractivity (Wildman–Crippen MR) is 119 cm³/mol. The molecule has 10 heteroatoms. The van der Waals surface area contributed by atoms with Gasteiger partial charge in [0.15, 0.2) is 0 Å². The van der Waals surface area contributed by atoms with Crippen molar-refractivity contribution in [3.63, 3.8) is 0 Å². The lowest BCUT2D eigenvalue weighted by atomic mass is 9.99. The minimum Gasteiger partial charge on any atom is -0.383 e. The Hall–Kier alpha value is -3.01. The van der Waals surface area contributed by atoms with Crippen LogP contribution in [-0.2, 0) is 16.0 Å². The molecule has 2 aromatic rings. The summed E-state index contributed by atoms with van der Waals surface area (Å²) in [7, 11) is 5.30. The fraction of sp³-hybridized carbons (Fsp3) is 0.591. The second kappa shape index (κ2) is 10.5. The molecule has 174 valence electrons. The molecule has 2 aromatic heterocycles. The highest BCUT2D eigenvalue weighted by molar-refractivity contribution is 5.95. The molecule has 2 amide bonds. The first-order valence-electron chi connectivity index (χ1n) is 10.8. The van der Waals surface area contributed by atoms with E-state index >= 15 is 0 Å². The number of nitrogens with zero attached hydrogens (tertiary/aromatic N) is 5. The molecular weight excluding hydrogens is 412 g/mol. The topological polar surface area (TPSA) is 114 Å². The molecule has 0 bridgehead atoms. The number of carbonyl (C=O) groups is 2. The van der Waals surface area contributed by atoms with Crippen molar-refractivity contribution >= 4 is 17.8 Å². The lowest BCUT2D eigenvalue weighted by molar-refractivity contribution is -0.130. The molecule has 3 rings (SSSR count). The van der Waals surface area contributed by atoms with E-state index in [2.05, 4.69) is 20.4 Å². The van der Waals surface area contributed by atoms with Crippen molar-refractivity contribution in [2.24, 2.45) is 0 Å². The van der Waals surface area contributed by atoms with E-state index in [1.807, 2.05) is 32.8 Å². The highest BCUT2D eigenvalue weighted by atomic mass is 16.5. The monoisotopic (exact) mass is 444 g/mol. The van der Waals surface area contributed by atoms with Crippen molar-refractivity contribution in [3.8, 4) is 0 Å². The van der Waals surface area contributed by atoms with Gasteiger partial charge in [-0.15, -0.1) is 0 Å². The third-order valence-electron chi connectivity index (χ3n) is 5.74. The van der Waals surface area contributed by atoms with Crippen LogP contribution in [0.25, 0.3) is 0 Å². The Balaban J connectivity index is 1.71. The number of aryl methyl sites for hydroxylation is 2. The van der Waals surface area contributed by atoms with Crippen molar-refractivity contribution < 1.29 is 18.8 Å². The Morgan fingerprint density at radius 1 is 1.34 bits per heavy atom. The predicted octanol–water partition coefficient (Wildman–Crippen LogP) is 1.47. The molecule has 1 saturated heterocycles. The Morgan fingerprint density at radius 3 is 2.78 bits per heavy atom. The number of anilines is 1. The molecule has 1 unspecified atom stereocenters. The first-order valence-corrected chi connectivity index (χ1v) is 10.8. The third-order valence-corrected chi connectivity index (χ3v) is 5.74. The van der Waals surface area contributed by atoms with Crippen molar-refractivity contribution in [3.05, 3.63) is 34.5 Å². The number of aromatic nitrogens is 3. The average Bonchev–Trinajstić information content (AvgIpc) is 3.39. The molecule has 1 fully saturated rings. The normalized spacial score (nSPS) is 15.8. The molecule has 0 saturated carbocycles. The molecule has 10 nitrogen and oxygen atoms in total. The van der Waals surface area contributed by atoms with E-state index in [0.717, 1.165) is 23.4 Å². The molecular formula is C22H32N6O4. The van der Waals surface area contributed by atoms with Crippen molar-refractivity contribution in [2.75, 3.05) is 52.3 Å². The second-order valence-corrected chi connectivity index (χ2v) is 8.24. The van der Waals surface area contributed by atoms with Gasteiger partial charge in [0.2, 0.25) is 11.9 Å². The SMILES string of the molecule is COCCNC(=O)c1cnc(N(C)C)nc1C1CCN(C(=O)CCc2c(C)noc2C)C1. The largest absolute Gasteiger partial charge is 0.383 e. The van der Waals surface area contributed by atoms with Crippen LogP contribution in [0.4, 0.5) is 5.95 Å². The van der Waals surface area contributed by atoms with Gasteiger partial charge < -0.3 is 24.4 Å². The van der Waals surface area contributed by atoms with Gasteiger partial charge in [-0.2, -0.15) is 0 Å². The summed E-state index contributed by atoms with van der Waals surface area (Å²) in [6.45, 7) is 5.75. The zero-order valence-corrected chi connectivity index (χ0v) is 19.5. The van der Waals surface area contributed by atoms with Crippen LogP contribution in [0.5, 0.6) is 0 Å². The standard InChI is InChI=1S/C22H32N6O4/c1-14-17(15(2)32-26-14)6-7-19(29)28-10-8-16(13-28)20-18(21(30)23-9-11-31-5)12-24-22(25-20)27(3)4/h12,16H,6-11,13H2,1-5H3,(H,23,30). The number of nitrogens with one attached hydrogen (secondary N) is 1. The summed E-state index contributed by atoms with van der Waals surface area (Å²) in [6, 6.07) is 0. The number of amides is 2. The molecule has 1 aliphatic heterocycles. The van der Waals surface area contributed by atoms with E-state index in [1.54, 1.807) is 18.2 Å². The molecule has 0 aromatic carbocycles. The van der Waals surface area contributed by atoms with Crippen molar-refractivity contribution in [2.45, 2.75) is 39.0 Å². The Bertz CT molecular complexity index is 938. The van der Waals surface area contributed by atoms with Gasteiger partial charge in [-0.1, -0.05) is 5.16 Å². The lowest BCUT2D eigenvalue weighted by Crippen LogP contribution is -2.31. The summed E-state index contributed by atoms with van der Waals surface area (Å²) in [5.41, 5.74) is 2.95. The summed E-state index contributed by atoms with van der Waals surface area (Å²) in [6.07, 6.45) is 3.32. The Kier molecular flexibility index (Phi) is 7.79. The maximum absolute atomic E-state index is 12.8. The van der Waals surface area contributed by atoms with Gasteiger partial charge in [-0.05, 0) is 26.7 Å². The quantitative estimate of drug-likeness (QED) is 0.579. The number of rotatable bonds is 9. The summed E-state index contributed by atoms with van der Waals surface area (Å²) < 4.78 is 10.2. The number of hydrogen-bond donors (Lipinski definition) is 1. The highest BCUT2D eigenvalue weighted by Crippen LogP contribution is 2.30. The van der Waals surface area contributed by atoms with Crippen molar-refractivity contribution in [1.29, 1.82) is 0 Å². The van der Waals surface area contributed by atoms with Crippen molar-refractivity contribution in [1.82, 2.24) is 25.3 Å². The van der Waals surface area contributed by atoms with E-state index < -0.39 is 0 Å². The van der Waals surface area contributed by atoms with Gasteiger partial charge in [0.05, 0.1) is 23.6 Å². The zero-order valence-electron chi connectivity index (χ0n) is 19.5. The number of likely N-dealkylation sites (tertiary alicyclic amines) is 1. The molecule has 0 spiro atoms. The molecule has 0 radical (unpaired) electrons. The zero-order chi connectivity index (χ0) is 23.3. The van der Waals surface area contributed by atoms with Gasteiger partial charge in [-0.25, -0.2) is 9.97 Å². The minimum absolute atomic E-state index is 0.0251. The van der Waals surface area contributed by atoms with E-state index in [1.165, 1.54) is 0 Å². The summed E-state index contributed by atoms with van der Waals surface area (Å²) in [4.78, 5) is 38.2. The minimum atomic E-state index is -0.231. The van der Waals surface area contributed by atoms with Crippen LogP contribution in [0.1, 0.15) is 51.8 Å². The van der Waals surface area contributed by atoms with Gasteiger partial charge >= 0.3 is 0 Å². The summed E-state index contributed by atoms with van der Waals surface area (Å²) in [5, 5.41) is 6.79. The van der Waals surface area contributed by atoms with E-state index in [9.17, 15) is 9.59 Å². The van der Waals surface area contributed by atoms with Gasteiger partial charge in [0, 0.05) is 64.9 Å². The first kappa shape index (κ1) is 23.6. The van der Waals surface area contributed by atoms with Crippen LogP contribution in [-0.4, -0.2) is 79.3 Å². The maximum Gasteiger partial charge on any atom is 0.254 e.